The number of rotatable bonds is 2. The quantitative estimate of drug-likeness (QED) is 0.526. The zero-order chi connectivity index (χ0) is 25.6. The Labute approximate surface area is 220 Å². The third-order valence-corrected chi connectivity index (χ3v) is 7.48. The highest BCUT2D eigenvalue weighted by Gasteiger charge is 2.36. The van der Waals surface area contributed by atoms with Crippen LogP contribution in [0.3, 0.4) is 0 Å². The Morgan fingerprint density at radius 1 is 1.11 bits per heavy atom. The summed E-state index contributed by atoms with van der Waals surface area (Å²) in [6, 6.07) is 6.24. The summed E-state index contributed by atoms with van der Waals surface area (Å²) in [5.41, 5.74) is 3.40. The van der Waals surface area contributed by atoms with Gasteiger partial charge in [0.05, 0.1) is 24.0 Å². The molecule has 2 amide bonds. The smallest absolute Gasteiger partial charge is 0.414 e. The lowest BCUT2D eigenvalue weighted by atomic mass is 10.0. The molecule has 1 aromatic carbocycles. The van der Waals surface area contributed by atoms with Crippen LogP contribution < -0.4 is 9.80 Å². The number of hydrogen-bond acceptors (Lipinski definition) is 6. The number of hydrogen-bond donors (Lipinski definition) is 0. The second-order valence-electron chi connectivity index (χ2n) is 10.6. The number of carbonyl (C=O) groups is 2. The Bertz CT molecular complexity index is 1170. The summed E-state index contributed by atoms with van der Waals surface area (Å²) in [5, 5.41) is 5.19. The van der Waals surface area contributed by atoms with Crippen molar-refractivity contribution < 1.29 is 19.1 Å². The number of halogens is 1. The summed E-state index contributed by atoms with van der Waals surface area (Å²) in [6.07, 6.45) is 2.28. The van der Waals surface area contributed by atoms with E-state index in [1.165, 1.54) is 5.69 Å². The lowest BCUT2D eigenvalue weighted by molar-refractivity contribution is -0.129. The number of fused-ring (bicyclic) bond motifs is 2. The van der Waals surface area contributed by atoms with Gasteiger partial charge in [0.2, 0.25) is 5.91 Å². The second kappa shape index (κ2) is 9.70. The van der Waals surface area contributed by atoms with Crippen LogP contribution in [0.5, 0.6) is 0 Å². The molecule has 9 nitrogen and oxygen atoms in total. The van der Waals surface area contributed by atoms with Crippen LogP contribution in [-0.2, 0) is 27.2 Å². The van der Waals surface area contributed by atoms with E-state index in [2.05, 4.69) is 25.5 Å². The Morgan fingerprint density at radius 3 is 2.56 bits per heavy atom. The first-order valence-corrected chi connectivity index (χ1v) is 13.4. The SMILES string of the molecule is CC(=O)N1CCc2c(c(N3CCN(C(=O)OC(C)(C)C)c4cc(Br)ccc43)nn2C2CCOCC2)C1. The molecular weight excluding hydrogens is 526 g/mol. The van der Waals surface area contributed by atoms with Crippen molar-refractivity contribution in [1.29, 1.82) is 0 Å². The molecule has 3 aliphatic heterocycles. The molecule has 0 aliphatic carbocycles. The Kier molecular flexibility index (Phi) is 6.76. The highest BCUT2D eigenvalue weighted by atomic mass is 79.9. The Balaban J connectivity index is 1.57. The maximum Gasteiger partial charge on any atom is 0.414 e. The Hall–Kier alpha value is -2.59. The molecule has 1 saturated heterocycles. The van der Waals surface area contributed by atoms with Crippen LogP contribution in [-0.4, -0.2) is 65.1 Å². The fourth-order valence-corrected chi connectivity index (χ4v) is 5.60. The van der Waals surface area contributed by atoms with Crippen molar-refractivity contribution in [1.82, 2.24) is 14.7 Å². The Morgan fingerprint density at radius 2 is 1.86 bits per heavy atom. The summed E-state index contributed by atoms with van der Waals surface area (Å²) in [5.74, 6) is 0.944. The lowest BCUT2D eigenvalue weighted by Gasteiger charge is -2.38. The molecular formula is C26H34BrN5O4. The predicted molar refractivity (Wildman–Crippen MR) is 141 cm³/mol. The van der Waals surface area contributed by atoms with Crippen molar-refractivity contribution in [3.05, 3.63) is 33.9 Å². The third-order valence-electron chi connectivity index (χ3n) is 6.98. The number of amides is 2. The van der Waals surface area contributed by atoms with E-state index in [9.17, 15) is 9.59 Å². The van der Waals surface area contributed by atoms with Gasteiger partial charge in [0, 0.05) is 61.9 Å². The van der Waals surface area contributed by atoms with E-state index < -0.39 is 5.60 Å². The number of aromatic nitrogens is 2. The van der Waals surface area contributed by atoms with E-state index in [4.69, 9.17) is 14.6 Å². The molecule has 0 atom stereocenters. The monoisotopic (exact) mass is 559 g/mol. The maximum atomic E-state index is 13.1. The molecule has 0 spiro atoms. The number of anilines is 3. The van der Waals surface area contributed by atoms with Gasteiger partial charge >= 0.3 is 6.09 Å². The van der Waals surface area contributed by atoms with Gasteiger partial charge in [-0.15, -0.1) is 0 Å². The van der Waals surface area contributed by atoms with E-state index in [1.54, 1.807) is 11.8 Å². The average molecular weight is 560 g/mol. The van der Waals surface area contributed by atoms with Crippen molar-refractivity contribution >= 4 is 45.1 Å². The fourth-order valence-electron chi connectivity index (χ4n) is 5.25. The standard InChI is InChI=1S/C26H34BrN5O4/c1-17(33)29-10-7-21-20(16-29)24(28-32(21)19-8-13-35-14-9-19)30-11-12-31(25(34)36-26(2,3)4)23-15-18(27)5-6-22(23)30/h5-6,15,19H,7-14,16H2,1-4H3. The van der Waals surface area contributed by atoms with Gasteiger partial charge in [-0.1, -0.05) is 15.9 Å². The van der Waals surface area contributed by atoms with Gasteiger partial charge in [-0.25, -0.2) is 4.79 Å². The van der Waals surface area contributed by atoms with Crippen molar-refractivity contribution in [3.63, 3.8) is 0 Å². The molecule has 4 heterocycles. The summed E-state index contributed by atoms with van der Waals surface area (Å²) >= 11 is 3.57. The highest BCUT2D eigenvalue weighted by molar-refractivity contribution is 9.10. The van der Waals surface area contributed by atoms with Gasteiger partial charge < -0.3 is 19.3 Å². The third kappa shape index (κ3) is 4.85. The summed E-state index contributed by atoms with van der Waals surface area (Å²) in [7, 11) is 0. The molecule has 1 fully saturated rings. The topological polar surface area (TPSA) is 80.1 Å². The van der Waals surface area contributed by atoms with Gasteiger partial charge in [0.1, 0.15) is 5.60 Å². The van der Waals surface area contributed by atoms with E-state index in [1.807, 2.05) is 43.9 Å². The number of carbonyl (C=O) groups excluding carboxylic acids is 2. The van der Waals surface area contributed by atoms with Gasteiger partial charge in [-0.3, -0.25) is 14.4 Å². The summed E-state index contributed by atoms with van der Waals surface area (Å²) in [4.78, 5) is 31.1. The maximum absolute atomic E-state index is 13.1. The molecule has 0 saturated carbocycles. The van der Waals surface area contributed by atoms with Crippen LogP contribution in [0.4, 0.5) is 22.0 Å². The molecule has 0 radical (unpaired) electrons. The molecule has 10 heteroatoms. The normalized spacial score (nSPS) is 18.6. The molecule has 2 aromatic rings. The van der Waals surface area contributed by atoms with Crippen molar-refractivity contribution in [2.24, 2.45) is 0 Å². The van der Waals surface area contributed by atoms with Crippen LogP contribution in [0.1, 0.15) is 57.8 Å². The number of nitrogens with zero attached hydrogens (tertiary/aromatic N) is 5. The minimum Gasteiger partial charge on any atom is -0.443 e. The average Bonchev–Trinajstić information content (AvgIpc) is 3.21. The summed E-state index contributed by atoms with van der Waals surface area (Å²) < 4.78 is 14.4. The van der Waals surface area contributed by atoms with Crippen molar-refractivity contribution in [2.75, 3.05) is 42.6 Å². The minimum absolute atomic E-state index is 0.0736. The molecule has 5 rings (SSSR count). The zero-order valence-electron chi connectivity index (χ0n) is 21.4. The first-order chi connectivity index (χ1) is 17.1. The van der Waals surface area contributed by atoms with E-state index in [0.29, 0.717) is 26.2 Å². The van der Waals surface area contributed by atoms with Crippen LogP contribution in [0, 0.1) is 0 Å². The highest BCUT2D eigenvalue weighted by Crippen LogP contribution is 2.43. The van der Waals surface area contributed by atoms with Gasteiger partial charge in [-0.2, -0.15) is 5.10 Å². The van der Waals surface area contributed by atoms with Gasteiger partial charge in [-0.05, 0) is 51.8 Å². The van der Waals surface area contributed by atoms with E-state index >= 15 is 0 Å². The number of benzene rings is 1. The molecule has 36 heavy (non-hydrogen) atoms. The van der Waals surface area contributed by atoms with Gasteiger partial charge in [0.15, 0.2) is 5.82 Å². The van der Waals surface area contributed by atoms with E-state index in [0.717, 1.165) is 59.7 Å². The largest absolute Gasteiger partial charge is 0.443 e. The second-order valence-corrected chi connectivity index (χ2v) is 11.6. The van der Waals surface area contributed by atoms with Crippen LogP contribution >= 0.6 is 15.9 Å². The molecule has 3 aliphatic rings. The van der Waals surface area contributed by atoms with Crippen molar-refractivity contribution in [3.8, 4) is 0 Å². The number of ether oxygens (including phenoxy) is 2. The fraction of sp³-hybridized carbons (Fsp3) is 0.577. The molecule has 0 bridgehead atoms. The molecule has 0 N–H and O–H groups in total. The van der Waals surface area contributed by atoms with Crippen LogP contribution in [0.2, 0.25) is 0 Å². The molecule has 194 valence electrons. The van der Waals surface area contributed by atoms with E-state index in [-0.39, 0.29) is 18.0 Å². The lowest BCUT2D eigenvalue weighted by Crippen LogP contribution is -2.45. The minimum atomic E-state index is -0.585. The zero-order valence-corrected chi connectivity index (χ0v) is 23.0. The van der Waals surface area contributed by atoms with Gasteiger partial charge in [0.25, 0.3) is 0 Å². The van der Waals surface area contributed by atoms with Crippen LogP contribution in [0.25, 0.3) is 0 Å². The summed E-state index contributed by atoms with van der Waals surface area (Å²) in [6.45, 7) is 11.0. The predicted octanol–water partition coefficient (Wildman–Crippen LogP) is 4.79. The first kappa shape index (κ1) is 25.1. The van der Waals surface area contributed by atoms with Crippen molar-refractivity contribution in [2.45, 2.75) is 65.1 Å². The molecule has 1 aromatic heterocycles. The van der Waals surface area contributed by atoms with Crippen LogP contribution in [0.15, 0.2) is 22.7 Å². The first-order valence-electron chi connectivity index (χ1n) is 12.6. The molecule has 0 unspecified atom stereocenters.